The third kappa shape index (κ3) is 6.42. The predicted octanol–water partition coefficient (Wildman–Crippen LogP) is 18.0. The summed E-state index contributed by atoms with van der Waals surface area (Å²) in [7, 11) is 0. The standard InChI is InChI=1S/C65H47N3/c1-65(2)60-25-13-11-23-56(60)57-38-36-54(43-61(57)65)66(53-37-39-64-59(42-53)58-24-12-14-26-63(58)68(64)50-20-7-4-8-21-50)52-35-32-47-40-46(28-29-48(47)41-52)44-30-33-51(34-31-44)67(49-18-5-3-6-19-49)62-27-15-17-45-16-9-10-22-55(45)62/h3-43H,1-2H3/i30D,31D,33D,34D. The van der Waals surface area contributed by atoms with Crippen LogP contribution < -0.4 is 9.80 Å². The van der Waals surface area contributed by atoms with Gasteiger partial charge in [0.15, 0.2) is 0 Å². The van der Waals surface area contributed by atoms with Gasteiger partial charge in [-0.2, -0.15) is 0 Å². The van der Waals surface area contributed by atoms with E-state index in [0.29, 0.717) is 5.56 Å². The van der Waals surface area contributed by atoms with Crippen LogP contribution in [0.15, 0.2) is 249 Å². The topological polar surface area (TPSA) is 11.4 Å². The van der Waals surface area contributed by atoms with Crippen molar-refractivity contribution in [2.24, 2.45) is 0 Å². The number of para-hydroxylation sites is 3. The summed E-state index contributed by atoms with van der Waals surface area (Å²) in [6, 6.07) is 77.3. The van der Waals surface area contributed by atoms with Gasteiger partial charge in [-0.15, -0.1) is 0 Å². The molecule has 0 spiro atoms. The van der Waals surface area contributed by atoms with Gasteiger partial charge in [-0.1, -0.05) is 165 Å². The zero-order valence-electron chi connectivity index (χ0n) is 41.7. The number of fused-ring (bicyclic) bond motifs is 8. The van der Waals surface area contributed by atoms with Gasteiger partial charge < -0.3 is 14.4 Å². The van der Waals surface area contributed by atoms with Gasteiger partial charge in [0.1, 0.15) is 0 Å². The van der Waals surface area contributed by atoms with Crippen LogP contribution in [0.4, 0.5) is 34.1 Å². The number of benzene rings is 11. The fourth-order valence-electron chi connectivity index (χ4n) is 10.7. The summed E-state index contributed by atoms with van der Waals surface area (Å²) < 4.78 is 40.6. The lowest BCUT2D eigenvalue weighted by atomic mass is 9.82. The van der Waals surface area contributed by atoms with Gasteiger partial charge >= 0.3 is 0 Å². The number of rotatable bonds is 8. The van der Waals surface area contributed by atoms with Gasteiger partial charge in [0.25, 0.3) is 0 Å². The van der Waals surface area contributed by atoms with Gasteiger partial charge in [0, 0.05) is 55.7 Å². The quantitative estimate of drug-likeness (QED) is 0.151. The molecule has 0 atom stereocenters. The van der Waals surface area contributed by atoms with E-state index >= 15 is 0 Å². The maximum atomic E-state index is 9.57. The molecule has 1 aromatic heterocycles. The lowest BCUT2D eigenvalue weighted by Crippen LogP contribution is -2.16. The fourth-order valence-corrected chi connectivity index (χ4v) is 10.7. The number of hydrogen-bond acceptors (Lipinski definition) is 2. The zero-order chi connectivity index (χ0) is 48.8. The van der Waals surface area contributed by atoms with Crippen molar-refractivity contribution >= 4 is 77.5 Å². The number of hydrogen-bond donors (Lipinski definition) is 0. The Morgan fingerprint density at radius 1 is 0.368 bits per heavy atom. The van der Waals surface area contributed by atoms with Crippen molar-refractivity contribution < 1.29 is 5.48 Å². The van der Waals surface area contributed by atoms with Gasteiger partial charge in [-0.3, -0.25) is 0 Å². The first kappa shape index (κ1) is 35.6. The maximum Gasteiger partial charge on any atom is 0.0645 e. The predicted molar refractivity (Wildman–Crippen MR) is 288 cm³/mol. The highest BCUT2D eigenvalue weighted by atomic mass is 15.1. The summed E-state index contributed by atoms with van der Waals surface area (Å²) in [6.07, 6.45) is 0. The van der Waals surface area contributed by atoms with Crippen LogP contribution in [0.25, 0.3) is 71.3 Å². The first-order valence-corrected chi connectivity index (χ1v) is 23.3. The van der Waals surface area contributed by atoms with Crippen molar-refractivity contribution in [2.45, 2.75) is 19.3 Å². The first-order chi connectivity index (χ1) is 35.2. The second kappa shape index (κ2) is 15.8. The Kier molecular flexibility index (Phi) is 8.24. The molecule has 0 bridgehead atoms. The highest BCUT2D eigenvalue weighted by Gasteiger charge is 2.36. The second-order valence-corrected chi connectivity index (χ2v) is 18.3. The smallest absolute Gasteiger partial charge is 0.0645 e. The monoisotopic (exact) mass is 873 g/mol. The molecule has 1 aliphatic rings. The van der Waals surface area contributed by atoms with Gasteiger partial charge in [-0.05, 0) is 147 Å². The molecule has 12 aromatic rings. The molecule has 0 fully saturated rings. The molecule has 1 heterocycles. The van der Waals surface area contributed by atoms with Crippen molar-refractivity contribution in [3.8, 4) is 27.9 Å². The van der Waals surface area contributed by atoms with Crippen LogP contribution in [0.2, 0.25) is 0 Å². The van der Waals surface area contributed by atoms with E-state index in [4.69, 9.17) is 0 Å². The van der Waals surface area contributed by atoms with Crippen LogP contribution in [0.5, 0.6) is 0 Å². The van der Waals surface area contributed by atoms with E-state index in [1.807, 2.05) is 95.9 Å². The Labute approximate surface area is 402 Å². The number of aromatic nitrogens is 1. The highest BCUT2D eigenvalue weighted by Crippen LogP contribution is 2.51. The number of nitrogens with zero attached hydrogens (tertiary/aromatic N) is 3. The minimum absolute atomic E-state index is 0.0972. The molecule has 0 saturated carbocycles. The molecular formula is C65H47N3. The van der Waals surface area contributed by atoms with E-state index in [0.717, 1.165) is 72.1 Å². The van der Waals surface area contributed by atoms with E-state index in [1.165, 1.54) is 27.6 Å². The summed E-state index contributed by atoms with van der Waals surface area (Å²) in [6.45, 7) is 4.64. The van der Waals surface area contributed by atoms with E-state index in [1.54, 1.807) is 0 Å². The molecule has 0 saturated heterocycles. The Morgan fingerprint density at radius 2 is 0.985 bits per heavy atom. The minimum atomic E-state index is -0.195. The summed E-state index contributed by atoms with van der Waals surface area (Å²) in [5, 5.41) is 6.20. The summed E-state index contributed by atoms with van der Waals surface area (Å²) >= 11 is 0. The maximum absolute atomic E-state index is 9.57. The van der Waals surface area contributed by atoms with Gasteiger partial charge in [-0.25, -0.2) is 0 Å². The molecule has 322 valence electrons. The van der Waals surface area contributed by atoms with Crippen molar-refractivity contribution in [3.05, 3.63) is 260 Å². The zero-order valence-corrected chi connectivity index (χ0v) is 37.7. The molecule has 0 N–H and O–H groups in total. The lowest BCUT2D eigenvalue weighted by molar-refractivity contribution is 0.660. The Morgan fingerprint density at radius 3 is 1.84 bits per heavy atom. The molecule has 0 aliphatic heterocycles. The normalized spacial score (nSPS) is 13.5. The summed E-state index contributed by atoms with van der Waals surface area (Å²) in [5.74, 6) is 0. The van der Waals surface area contributed by atoms with Crippen LogP contribution in [-0.4, -0.2) is 4.57 Å². The molecule has 13 rings (SSSR count). The first-order valence-electron chi connectivity index (χ1n) is 25.3. The molecular weight excluding hydrogens is 823 g/mol. The lowest BCUT2D eigenvalue weighted by Gasteiger charge is -2.28. The molecule has 0 unspecified atom stereocenters. The Hall–Kier alpha value is -8.66. The molecule has 3 heteroatoms. The van der Waals surface area contributed by atoms with E-state index in [-0.39, 0.29) is 40.8 Å². The third-order valence-corrected chi connectivity index (χ3v) is 14.0. The average molecular weight is 874 g/mol. The van der Waals surface area contributed by atoms with Crippen LogP contribution in [-0.2, 0) is 5.41 Å². The fraction of sp³-hybridized carbons (Fsp3) is 0.0462. The van der Waals surface area contributed by atoms with Gasteiger partial charge in [0.05, 0.1) is 22.2 Å². The van der Waals surface area contributed by atoms with Crippen LogP contribution in [0.1, 0.15) is 30.5 Å². The molecule has 1 aliphatic carbocycles. The van der Waals surface area contributed by atoms with E-state index in [9.17, 15) is 5.48 Å². The second-order valence-electron chi connectivity index (χ2n) is 18.3. The molecule has 3 nitrogen and oxygen atoms in total. The largest absolute Gasteiger partial charge is 0.310 e. The number of anilines is 6. The summed E-state index contributed by atoms with van der Waals surface area (Å²) in [5.41, 5.74) is 14.0. The van der Waals surface area contributed by atoms with Crippen LogP contribution in [0, 0.1) is 0 Å². The van der Waals surface area contributed by atoms with Crippen molar-refractivity contribution in [1.29, 1.82) is 0 Å². The third-order valence-electron chi connectivity index (χ3n) is 14.0. The van der Waals surface area contributed by atoms with Crippen molar-refractivity contribution in [1.82, 2.24) is 4.57 Å². The Bertz CT molecular complexity index is 4110. The minimum Gasteiger partial charge on any atom is -0.310 e. The Balaban J connectivity index is 0.948. The van der Waals surface area contributed by atoms with E-state index in [2.05, 4.69) is 157 Å². The summed E-state index contributed by atoms with van der Waals surface area (Å²) in [4.78, 5) is 4.22. The average Bonchev–Trinajstić information content (AvgIpc) is 3.87. The highest BCUT2D eigenvalue weighted by molar-refractivity contribution is 6.11. The molecule has 11 aromatic carbocycles. The SMILES string of the molecule is [2H]c1c([2H])c(N(c2ccccc2)c2cccc3ccccc23)c([2H])c([2H])c1-c1ccc2cc(N(c3ccc4c(c3)C(C)(C)c3ccccc3-4)c3ccc4c(c3)c3ccccc3n4-c3ccccc3)ccc2c1. The van der Waals surface area contributed by atoms with Crippen LogP contribution >= 0.6 is 0 Å². The molecule has 68 heavy (non-hydrogen) atoms. The molecule has 0 radical (unpaired) electrons. The van der Waals surface area contributed by atoms with Crippen LogP contribution in [0.3, 0.4) is 0 Å². The van der Waals surface area contributed by atoms with Gasteiger partial charge in [0.2, 0.25) is 0 Å². The van der Waals surface area contributed by atoms with Crippen molar-refractivity contribution in [2.75, 3.05) is 9.80 Å². The molecule has 0 amide bonds. The van der Waals surface area contributed by atoms with Crippen molar-refractivity contribution in [3.63, 3.8) is 0 Å². The van der Waals surface area contributed by atoms with E-state index < -0.39 is 0 Å².